The average Bonchev–Trinajstić information content (AvgIpc) is 1.99. The second-order valence-electron chi connectivity index (χ2n) is 3.78. The first-order chi connectivity index (χ1) is 6.86. The Hall–Kier alpha value is -0.870. The molecule has 0 radical (unpaired) electrons. The maximum absolute atomic E-state index is 11.1. The maximum Gasteiger partial charge on any atom is 0.295 e. The zero-order chi connectivity index (χ0) is 11.6. The Kier molecular flexibility index (Phi) is 3.52. The first-order valence-corrected chi connectivity index (χ1v) is 6.38. The summed E-state index contributed by atoms with van der Waals surface area (Å²) in [6.45, 7) is 5.48. The van der Waals surface area contributed by atoms with Crippen molar-refractivity contribution in [3.8, 4) is 0 Å². The Bertz CT molecular complexity index is 438. The minimum atomic E-state index is -4.10. The smallest absolute Gasteiger partial charge is 0.282 e. The summed E-state index contributed by atoms with van der Waals surface area (Å²) in [5, 5.41) is 0. The van der Waals surface area contributed by atoms with Crippen molar-refractivity contribution in [2.24, 2.45) is 0 Å². The monoisotopic (exact) mass is 228 g/mol. The van der Waals surface area contributed by atoms with Crippen LogP contribution < -0.4 is 0 Å². The molecule has 0 atom stereocenters. The van der Waals surface area contributed by atoms with Crippen LogP contribution in [0.25, 0.3) is 0 Å². The summed E-state index contributed by atoms with van der Waals surface area (Å²) in [5.74, 6) is 0. The normalized spacial score (nSPS) is 11.7. The summed E-state index contributed by atoms with van der Waals surface area (Å²) in [6.07, 6.45) is 1.94. The van der Waals surface area contributed by atoms with Gasteiger partial charge in [-0.3, -0.25) is 4.55 Å². The van der Waals surface area contributed by atoms with Gasteiger partial charge >= 0.3 is 0 Å². The molecule has 84 valence electrons. The van der Waals surface area contributed by atoms with Gasteiger partial charge in [0.25, 0.3) is 10.1 Å². The van der Waals surface area contributed by atoms with E-state index in [0.29, 0.717) is 11.1 Å². The summed E-state index contributed by atoms with van der Waals surface area (Å²) in [6, 6.07) is 3.64. The van der Waals surface area contributed by atoms with Crippen LogP contribution in [0.1, 0.15) is 30.0 Å². The van der Waals surface area contributed by atoms with E-state index in [9.17, 15) is 8.42 Å². The van der Waals surface area contributed by atoms with Crippen LogP contribution in [0.4, 0.5) is 0 Å². The molecule has 0 bridgehead atoms. The van der Waals surface area contributed by atoms with E-state index in [1.807, 2.05) is 12.1 Å². The molecule has 0 aliphatic carbocycles. The Labute approximate surface area is 90.9 Å². The maximum atomic E-state index is 11.1. The molecule has 1 rings (SSSR count). The minimum Gasteiger partial charge on any atom is -0.282 e. The predicted molar refractivity (Wildman–Crippen MR) is 59.7 cm³/mol. The van der Waals surface area contributed by atoms with E-state index >= 15 is 0 Å². The summed E-state index contributed by atoms with van der Waals surface area (Å²) in [5.41, 5.74) is 2.34. The molecule has 1 N–H and O–H groups in total. The van der Waals surface area contributed by atoms with Crippen molar-refractivity contribution < 1.29 is 13.0 Å². The lowest BCUT2D eigenvalue weighted by Gasteiger charge is -2.09. The molecule has 0 aliphatic rings. The van der Waals surface area contributed by atoms with Crippen molar-refractivity contribution >= 4 is 10.1 Å². The third kappa shape index (κ3) is 2.79. The van der Waals surface area contributed by atoms with Crippen LogP contribution >= 0.6 is 0 Å². The highest BCUT2D eigenvalue weighted by atomic mass is 32.2. The Morgan fingerprint density at radius 3 is 2.00 bits per heavy atom. The van der Waals surface area contributed by atoms with Crippen LogP contribution in [-0.2, 0) is 16.5 Å². The van der Waals surface area contributed by atoms with Gasteiger partial charge in [-0.05, 0) is 37.0 Å². The second kappa shape index (κ2) is 4.33. The van der Waals surface area contributed by atoms with Gasteiger partial charge in [0.15, 0.2) is 0 Å². The summed E-state index contributed by atoms with van der Waals surface area (Å²) >= 11 is 0. The lowest BCUT2D eigenvalue weighted by Crippen LogP contribution is -2.04. The van der Waals surface area contributed by atoms with E-state index in [1.165, 1.54) is 0 Å². The molecule has 1 aromatic carbocycles. The summed E-state index contributed by atoms with van der Waals surface area (Å²) in [7, 11) is -4.10. The largest absolute Gasteiger partial charge is 0.295 e. The first kappa shape index (κ1) is 12.2. The van der Waals surface area contributed by atoms with Crippen molar-refractivity contribution in [1.29, 1.82) is 0 Å². The first-order valence-electron chi connectivity index (χ1n) is 4.94. The zero-order valence-electron chi connectivity index (χ0n) is 9.24. The standard InChI is InChI=1S/C11H16O3S/c1-4-5-10-6-8(2)11(9(3)7-10)15(12,13)14/h6-7H,4-5H2,1-3H3,(H,12,13,14). The van der Waals surface area contributed by atoms with Gasteiger partial charge in [-0.25, -0.2) is 0 Å². The highest BCUT2D eigenvalue weighted by molar-refractivity contribution is 7.86. The quantitative estimate of drug-likeness (QED) is 0.809. The molecule has 0 unspecified atom stereocenters. The van der Waals surface area contributed by atoms with Gasteiger partial charge in [0.05, 0.1) is 4.90 Å². The highest BCUT2D eigenvalue weighted by Crippen LogP contribution is 2.22. The van der Waals surface area contributed by atoms with Gasteiger partial charge < -0.3 is 0 Å². The van der Waals surface area contributed by atoms with Crippen molar-refractivity contribution in [1.82, 2.24) is 0 Å². The van der Waals surface area contributed by atoms with Crippen LogP contribution in [0, 0.1) is 13.8 Å². The molecule has 0 saturated heterocycles. The molecule has 0 aliphatic heterocycles. The molecule has 0 amide bonds. The van der Waals surface area contributed by atoms with Gasteiger partial charge in [0.2, 0.25) is 0 Å². The zero-order valence-corrected chi connectivity index (χ0v) is 10.1. The van der Waals surface area contributed by atoms with Crippen LogP contribution in [0.3, 0.4) is 0 Å². The van der Waals surface area contributed by atoms with Gasteiger partial charge in [0.1, 0.15) is 0 Å². The lowest BCUT2D eigenvalue weighted by molar-refractivity contribution is 0.482. The van der Waals surface area contributed by atoms with E-state index in [4.69, 9.17) is 4.55 Å². The number of aryl methyl sites for hydroxylation is 3. The van der Waals surface area contributed by atoms with Crippen LogP contribution in [0.2, 0.25) is 0 Å². The molecule has 15 heavy (non-hydrogen) atoms. The molecule has 0 fully saturated rings. The van der Waals surface area contributed by atoms with Gasteiger partial charge in [0, 0.05) is 0 Å². The number of benzene rings is 1. The van der Waals surface area contributed by atoms with Gasteiger partial charge in [-0.1, -0.05) is 25.5 Å². The molecule has 0 heterocycles. The third-order valence-electron chi connectivity index (χ3n) is 2.32. The average molecular weight is 228 g/mol. The highest BCUT2D eigenvalue weighted by Gasteiger charge is 2.16. The molecule has 4 heteroatoms. The molecular weight excluding hydrogens is 212 g/mol. The van der Waals surface area contributed by atoms with Gasteiger partial charge in [-0.15, -0.1) is 0 Å². The fourth-order valence-corrected chi connectivity index (χ4v) is 2.81. The molecule has 3 nitrogen and oxygen atoms in total. The SMILES string of the molecule is CCCc1cc(C)c(S(=O)(=O)O)c(C)c1. The van der Waals surface area contributed by atoms with Crippen molar-refractivity contribution in [2.75, 3.05) is 0 Å². The van der Waals surface area contributed by atoms with Crippen molar-refractivity contribution in [3.63, 3.8) is 0 Å². The topological polar surface area (TPSA) is 54.4 Å². The number of rotatable bonds is 3. The van der Waals surface area contributed by atoms with Crippen LogP contribution in [0.5, 0.6) is 0 Å². The van der Waals surface area contributed by atoms with Crippen LogP contribution in [0.15, 0.2) is 17.0 Å². The van der Waals surface area contributed by atoms with Crippen molar-refractivity contribution in [3.05, 3.63) is 28.8 Å². The van der Waals surface area contributed by atoms with E-state index in [2.05, 4.69) is 6.92 Å². The van der Waals surface area contributed by atoms with Gasteiger partial charge in [-0.2, -0.15) is 8.42 Å². The Morgan fingerprint density at radius 2 is 1.67 bits per heavy atom. The van der Waals surface area contributed by atoms with E-state index in [0.717, 1.165) is 18.4 Å². The number of hydrogen-bond donors (Lipinski definition) is 1. The lowest BCUT2D eigenvalue weighted by atomic mass is 10.0. The fourth-order valence-electron chi connectivity index (χ4n) is 1.88. The third-order valence-corrected chi connectivity index (χ3v) is 3.48. The molecule has 1 aromatic rings. The minimum absolute atomic E-state index is 0.0438. The Balaban J connectivity index is 3.34. The van der Waals surface area contributed by atoms with E-state index in [1.54, 1.807) is 13.8 Å². The van der Waals surface area contributed by atoms with Crippen LogP contribution in [-0.4, -0.2) is 13.0 Å². The second-order valence-corrected chi connectivity index (χ2v) is 5.14. The fraction of sp³-hybridized carbons (Fsp3) is 0.455. The summed E-state index contributed by atoms with van der Waals surface area (Å²) in [4.78, 5) is 0.0438. The summed E-state index contributed by atoms with van der Waals surface area (Å²) < 4.78 is 31.2. The van der Waals surface area contributed by atoms with Crippen molar-refractivity contribution in [2.45, 2.75) is 38.5 Å². The number of hydrogen-bond acceptors (Lipinski definition) is 2. The molecule has 0 spiro atoms. The molecule has 0 aromatic heterocycles. The molecule has 0 saturated carbocycles. The van der Waals surface area contributed by atoms with E-state index in [-0.39, 0.29) is 4.90 Å². The van der Waals surface area contributed by atoms with E-state index < -0.39 is 10.1 Å². The Morgan fingerprint density at radius 1 is 1.20 bits per heavy atom. The molecular formula is C11H16O3S. The predicted octanol–water partition coefficient (Wildman–Crippen LogP) is 2.50.